The second-order valence-corrected chi connectivity index (χ2v) is 6.45. The maximum absolute atomic E-state index is 12.5. The molecule has 0 saturated carbocycles. The van der Waals surface area contributed by atoms with Crippen molar-refractivity contribution in [1.29, 1.82) is 0 Å². The van der Waals surface area contributed by atoms with Crippen molar-refractivity contribution in [3.8, 4) is 0 Å². The molecule has 2 heterocycles. The Hall–Kier alpha value is -1.94. The van der Waals surface area contributed by atoms with Crippen LogP contribution in [0.1, 0.15) is 32.4 Å². The molecule has 1 aromatic heterocycles. The summed E-state index contributed by atoms with van der Waals surface area (Å²) in [4.78, 5) is 19.6. The first-order chi connectivity index (χ1) is 10.1. The van der Waals surface area contributed by atoms with E-state index in [9.17, 15) is 4.79 Å². The lowest BCUT2D eigenvalue weighted by molar-refractivity contribution is 0.0777. The molecule has 2 aromatic rings. The lowest BCUT2D eigenvalue weighted by Gasteiger charge is -2.26. The van der Waals surface area contributed by atoms with Crippen LogP contribution in [0.2, 0.25) is 0 Å². The van der Waals surface area contributed by atoms with Crippen LogP contribution in [-0.4, -0.2) is 28.9 Å². The van der Waals surface area contributed by atoms with Gasteiger partial charge < -0.3 is 4.90 Å². The van der Waals surface area contributed by atoms with Gasteiger partial charge in [-0.15, -0.1) is 11.3 Å². The molecule has 0 saturated heterocycles. The van der Waals surface area contributed by atoms with Gasteiger partial charge in [0.2, 0.25) is 0 Å². The molecule has 3 nitrogen and oxygen atoms in total. The van der Waals surface area contributed by atoms with Gasteiger partial charge in [0.15, 0.2) is 0 Å². The Morgan fingerprint density at radius 2 is 2.00 bits per heavy atom. The van der Waals surface area contributed by atoms with Crippen molar-refractivity contribution in [1.82, 2.24) is 9.88 Å². The Bertz CT molecular complexity index is 688. The van der Waals surface area contributed by atoms with E-state index in [0.717, 1.165) is 28.5 Å². The summed E-state index contributed by atoms with van der Waals surface area (Å²) in [5.41, 5.74) is 3.44. The molecule has 0 fully saturated rings. The molecule has 0 unspecified atom stereocenters. The summed E-state index contributed by atoms with van der Waals surface area (Å²) in [6, 6.07) is 10.4. The third-order valence-electron chi connectivity index (χ3n) is 3.74. The number of aryl methyl sites for hydroxylation is 2. The predicted octanol–water partition coefficient (Wildman–Crippen LogP) is 3.69. The zero-order chi connectivity index (χ0) is 14.8. The number of benzene rings is 1. The number of carbonyl (C=O) groups is 1. The Morgan fingerprint density at radius 3 is 2.57 bits per heavy atom. The second-order valence-electron chi connectivity index (χ2n) is 5.24. The van der Waals surface area contributed by atoms with Crippen LogP contribution in [0.3, 0.4) is 0 Å². The molecule has 3 rings (SSSR count). The smallest absolute Gasteiger partial charge is 0.266 e. The molecule has 108 valence electrons. The van der Waals surface area contributed by atoms with Crippen LogP contribution in [0.5, 0.6) is 0 Å². The third kappa shape index (κ3) is 2.90. The van der Waals surface area contributed by atoms with E-state index in [1.807, 2.05) is 24.8 Å². The number of thiazole rings is 1. The molecule has 1 aromatic carbocycles. The lowest BCUT2D eigenvalue weighted by Crippen LogP contribution is -2.34. The molecular weight excluding hydrogens is 280 g/mol. The fraction of sp³-hybridized carbons (Fsp3) is 0.294. The van der Waals surface area contributed by atoms with Crippen LogP contribution >= 0.6 is 11.3 Å². The molecule has 0 spiro atoms. The highest BCUT2D eigenvalue weighted by atomic mass is 32.1. The van der Waals surface area contributed by atoms with Crippen molar-refractivity contribution in [3.05, 3.63) is 57.6 Å². The molecule has 4 heteroatoms. The van der Waals surface area contributed by atoms with E-state index in [1.54, 1.807) is 0 Å². The number of hydrogen-bond acceptors (Lipinski definition) is 3. The van der Waals surface area contributed by atoms with Crippen LogP contribution in [-0.2, 0) is 0 Å². The van der Waals surface area contributed by atoms with Gasteiger partial charge in [0, 0.05) is 13.1 Å². The zero-order valence-electron chi connectivity index (χ0n) is 12.3. The third-order valence-corrected chi connectivity index (χ3v) is 4.80. The molecule has 21 heavy (non-hydrogen) atoms. The molecule has 0 radical (unpaired) electrons. The van der Waals surface area contributed by atoms with Crippen LogP contribution in [0.4, 0.5) is 0 Å². The van der Waals surface area contributed by atoms with Gasteiger partial charge in [0.1, 0.15) is 4.88 Å². The minimum atomic E-state index is 0.112. The quantitative estimate of drug-likeness (QED) is 0.847. The maximum atomic E-state index is 12.5. The highest BCUT2D eigenvalue weighted by Gasteiger charge is 2.22. The molecular formula is C17H18N2OS. The molecule has 0 bridgehead atoms. The van der Waals surface area contributed by atoms with Crippen LogP contribution in [0.25, 0.3) is 5.57 Å². The standard InChI is InChI=1S/C17H18N2OS/c1-12-16(21-13(2)18-12)17(20)19-10-8-15(9-11-19)14-6-4-3-5-7-14/h3-8H,9-11H2,1-2H3. The average Bonchev–Trinajstić information content (AvgIpc) is 2.86. The Balaban J connectivity index is 1.75. The summed E-state index contributed by atoms with van der Waals surface area (Å²) in [5, 5.41) is 0.952. The Labute approximate surface area is 128 Å². The molecule has 0 N–H and O–H groups in total. The van der Waals surface area contributed by atoms with Crippen molar-refractivity contribution in [2.45, 2.75) is 20.3 Å². The van der Waals surface area contributed by atoms with Gasteiger partial charge in [-0.2, -0.15) is 0 Å². The maximum Gasteiger partial charge on any atom is 0.266 e. The van der Waals surface area contributed by atoms with Crippen molar-refractivity contribution in [2.75, 3.05) is 13.1 Å². The predicted molar refractivity (Wildman–Crippen MR) is 86.5 cm³/mol. The van der Waals surface area contributed by atoms with Crippen LogP contribution in [0, 0.1) is 13.8 Å². The summed E-state index contributed by atoms with van der Waals surface area (Å²) in [7, 11) is 0. The molecule has 0 aliphatic carbocycles. The van der Waals surface area contributed by atoms with Gasteiger partial charge in [-0.1, -0.05) is 36.4 Å². The highest BCUT2D eigenvalue weighted by molar-refractivity contribution is 7.13. The lowest BCUT2D eigenvalue weighted by atomic mass is 9.99. The number of amides is 1. The van der Waals surface area contributed by atoms with E-state index >= 15 is 0 Å². The van der Waals surface area contributed by atoms with E-state index in [2.05, 4.69) is 35.3 Å². The SMILES string of the molecule is Cc1nc(C)c(C(=O)N2CC=C(c3ccccc3)CC2)s1. The van der Waals surface area contributed by atoms with Crippen molar-refractivity contribution >= 4 is 22.8 Å². The van der Waals surface area contributed by atoms with Crippen molar-refractivity contribution < 1.29 is 4.79 Å². The van der Waals surface area contributed by atoms with E-state index in [-0.39, 0.29) is 5.91 Å². The Kier molecular flexibility index (Phi) is 3.88. The van der Waals surface area contributed by atoms with Gasteiger partial charge in [0.25, 0.3) is 5.91 Å². The fourth-order valence-corrected chi connectivity index (χ4v) is 3.53. The summed E-state index contributed by atoms with van der Waals surface area (Å²) in [6.07, 6.45) is 3.08. The molecule has 1 aliphatic heterocycles. The van der Waals surface area contributed by atoms with Crippen LogP contribution in [0.15, 0.2) is 36.4 Å². The van der Waals surface area contributed by atoms with Gasteiger partial charge in [0.05, 0.1) is 10.7 Å². The number of hydrogen-bond donors (Lipinski definition) is 0. The summed E-state index contributed by atoms with van der Waals surface area (Å²) < 4.78 is 0. The number of carbonyl (C=O) groups excluding carboxylic acids is 1. The first kappa shape index (κ1) is 14.0. The number of rotatable bonds is 2. The molecule has 0 atom stereocenters. The van der Waals surface area contributed by atoms with Crippen molar-refractivity contribution in [3.63, 3.8) is 0 Å². The minimum absolute atomic E-state index is 0.112. The average molecular weight is 298 g/mol. The monoisotopic (exact) mass is 298 g/mol. The van der Waals surface area contributed by atoms with E-state index in [1.165, 1.54) is 22.5 Å². The second kappa shape index (κ2) is 5.82. The van der Waals surface area contributed by atoms with Crippen molar-refractivity contribution in [2.24, 2.45) is 0 Å². The summed E-state index contributed by atoms with van der Waals surface area (Å²) >= 11 is 1.49. The summed E-state index contributed by atoms with van der Waals surface area (Å²) in [5.74, 6) is 0.112. The van der Waals surface area contributed by atoms with E-state index in [0.29, 0.717) is 6.54 Å². The van der Waals surface area contributed by atoms with Crippen LogP contribution < -0.4 is 0 Å². The molecule has 1 aliphatic rings. The fourth-order valence-electron chi connectivity index (χ4n) is 2.64. The summed E-state index contributed by atoms with van der Waals surface area (Å²) in [6.45, 7) is 5.30. The largest absolute Gasteiger partial charge is 0.334 e. The first-order valence-corrected chi connectivity index (χ1v) is 7.94. The van der Waals surface area contributed by atoms with Gasteiger partial charge >= 0.3 is 0 Å². The van der Waals surface area contributed by atoms with Gasteiger partial charge in [-0.05, 0) is 31.4 Å². The normalized spacial score (nSPS) is 15.0. The zero-order valence-corrected chi connectivity index (χ0v) is 13.1. The molecule has 1 amide bonds. The van der Waals surface area contributed by atoms with Gasteiger partial charge in [-0.3, -0.25) is 4.79 Å². The Morgan fingerprint density at radius 1 is 1.24 bits per heavy atom. The number of aromatic nitrogens is 1. The minimum Gasteiger partial charge on any atom is -0.334 e. The number of nitrogens with zero attached hydrogens (tertiary/aromatic N) is 2. The first-order valence-electron chi connectivity index (χ1n) is 7.13. The van der Waals surface area contributed by atoms with Gasteiger partial charge in [-0.25, -0.2) is 4.98 Å². The van der Waals surface area contributed by atoms with E-state index in [4.69, 9.17) is 0 Å². The highest BCUT2D eigenvalue weighted by Crippen LogP contribution is 2.25. The van der Waals surface area contributed by atoms with E-state index < -0.39 is 0 Å². The topological polar surface area (TPSA) is 33.2 Å².